The van der Waals surface area contributed by atoms with Crippen LogP contribution in [0.5, 0.6) is 0 Å². The predicted octanol–water partition coefficient (Wildman–Crippen LogP) is 3.20. The molecule has 2 rings (SSSR count). The Kier molecular flexibility index (Phi) is 7.34. The highest BCUT2D eigenvalue weighted by molar-refractivity contribution is 7.84. The molecule has 0 saturated heterocycles. The van der Waals surface area contributed by atoms with Crippen molar-refractivity contribution in [1.82, 2.24) is 10.2 Å². The van der Waals surface area contributed by atoms with Gasteiger partial charge in [-0.25, -0.2) is 0 Å². The third kappa shape index (κ3) is 5.80. The van der Waals surface area contributed by atoms with Crippen LogP contribution in [0.1, 0.15) is 35.3 Å². The molecular formula is C20H26N2O2S. The Hall–Kier alpha value is -1.98. The zero-order valence-electron chi connectivity index (χ0n) is 15.1. The largest absolute Gasteiger partial charge is 0.348 e. The van der Waals surface area contributed by atoms with Crippen LogP contribution in [-0.2, 0) is 23.9 Å². The van der Waals surface area contributed by atoms with Crippen LogP contribution < -0.4 is 5.32 Å². The number of benzene rings is 2. The summed E-state index contributed by atoms with van der Waals surface area (Å²) in [5.41, 5.74) is 2.93. The van der Waals surface area contributed by atoms with Crippen molar-refractivity contribution in [2.75, 3.05) is 19.3 Å². The third-order valence-electron chi connectivity index (χ3n) is 4.23. The molecule has 25 heavy (non-hydrogen) atoms. The molecule has 1 N–H and O–H groups in total. The molecule has 5 heteroatoms. The number of nitrogens with zero attached hydrogens (tertiary/aromatic N) is 1. The summed E-state index contributed by atoms with van der Waals surface area (Å²) in [5, 5.41) is 2.92. The molecule has 0 bridgehead atoms. The maximum absolute atomic E-state index is 12.2. The van der Waals surface area contributed by atoms with E-state index in [1.54, 1.807) is 30.5 Å². The van der Waals surface area contributed by atoms with Crippen molar-refractivity contribution in [3.8, 4) is 0 Å². The number of nitrogens with one attached hydrogen (secondary N) is 1. The van der Waals surface area contributed by atoms with Gasteiger partial charge in [0.05, 0.1) is 0 Å². The lowest BCUT2D eigenvalue weighted by atomic mass is 10.1. The molecule has 0 aliphatic rings. The summed E-state index contributed by atoms with van der Waals surface area (Å²) < 4.78 is 11.4. The Balaban J connectivity index is 1.90. The maximum atomic E-state index is 12.2. The number of hydrogen-bond donors (Lipinski definition) is 1. The Morgan fingerprint density at radius 2 is 1.52 bits per heavy atom. The molecule has 2 aromatic rings. The van der Waals surface area contributed by atoms with Gasteiger partial charge in [0.2, 0.25) is 0 Å². The summed E-state index contributed by atoms with van der Waals surface area (Å²) >= 11 is 0. The summed E-state index contributed by atoms with van der Waals surface area (Å²) in [6, 6.07) is 15.2. The maximum Gasteiger partial charge on any atom is 0.251 e. The molecule has 1 unspecified atom stereocenters. The van der Waals surface area contributed by atoms with Gasteiger partial charge in [0.15, 0.2) is 0 Å². The number of carbonyl (C=O) groups excluding carboxylic acids is 1. The molecule has 0 aromatic heterocycles. The van der Waals surface area contributed by atoms with E-state index in [0.717, 1.165) is 30.1 Å². The van der Waals surface area contributed by atoms with Gasteiger partial charge in [-0.3, -0.25) is 13.9 Å². The summed E-state index contributed by atoms with van der Waals surface area (Å²) in [7, 11) is -1.03. The minimum Gasteiger partial charge on any atom is -0.348 e. The van der Waals surface area contributed by atoms with Gasteiger partial charge in [-0.2, -0.15) is 0 Å². The Morgan fingerprint density at radius 3 is 2.04 bits per heavy atom. The number of amides is 1. The van der Waals surface area contributed by atoms with E-state index in [1.165, 1.54) is 5.56 Å². The first kappa shape index (κ1) is 19.3. The molecule has 0 aliphatic carbocycles. The molecule has 2 aromatic carbocycles. The van der Waals surface area contributed by atoms with E-state index in [1.807, 2.05) is 0 Å². The molecule has 0 fully saturated rings. The molecule has 0 radical (unpaired) electrons. The molecule has 0 aliphatic heterocycles. The van der Waals surface area contributed by atoms with E-state index in [2.05, 4.69) is 48.3 Å². The summed E-state index contributed by atoms with van der Waals surface area (Å²) in [6.45, 7) is 7.85. The van der Waals surface area contributed by atoms with Gasteiger partial charge in [0.1, 0.15) is 0 Å². The lowest BCUT2D eigenvalue weighted by molar-refractivity contribution is 0.0951. The van der Waals surface area contributed by atoms with Crippen molar-refractivity contribution in [3.05, 3.63) is 65.2 Å². The Morgan fingerprint density at radius 1 is 0.960 bits per heavy atom. The summed E-state index contributed by atoms with van der Waals surface area (Å²) in [4.78, 5) is 15.3. The fourth-order valence-corrected chi connectivity index (χ4v) is 3.07. The van der Waals surface area contributed by atoms with Crippen molar-refractivity contribution in [2.45, 2.75) is 31.8 Å². The van der Waals surface area contributed by atoms with Crippen molar-refractivity contribution in [1.29, 1.82) is 0 Å². The lowest BCUT2D eigenvalue weighted by Gasteiger charge is -2.18. The SMILES string of the molecule is CCN(CC)Cc1ccc(CNC(=O)c2ccc(S(C)=O)cc2)cc1. The third-order valence-corrected chi connectivity index (χ3v) is 5.16. The zero-order valence-corrected chi connectivity index (χ0v) is 15.9. The van der Waals surface area contributed by atoms with E-state index in [-0.39, 0.29) is 5.91 Å². The molecule has 134 valence electrons. The van der Waals surface area contributed by atoms with E-state index in [4.69, 9.17) is 0 Å². The monoisotopic (exact) mass is 358 g/mol. The van der Waals surface area contributed by atoms with Gasteiger partial charge in [-0.15, -0.1) is 0 Å². The topological polar surface area (TPSA) is 49.4 Å². The average Bonchev–Trinajstić information content (AvgIpc) is 2.65. The first-order valence-electron chi connectivity index (χ1n) is 8.55. The fraction of sp³-hybridized carbons (Fsp3) is 0.350. The molecule has 4 nitrogen and oxygen atoms in total. The van der Waals surface area contributed by atoms with Gasteiger partial charge in [0, 0.05) is 40.6 Å². The van der Waals surface area contributed by atoms with E-state index in [9.17, 15) is 9.00 Å². The van der Waals surface area contributed by atoms with Gasteiger partial charge in [0.25, 0.3) is 5.91 Å². The molecule has 0 heterocycles. The lowest BCUT2D eigenvalue weighted by Crippen LogP contribution is -2.23. The molecule has 0 spiro atoms. The second-order valence-corrected chi connectivity index (χ2v) is 7.32. The second kappa shape index (κ2) is 9.49. The van der Waals surface area contributed by atoms with Gasteiger partial charge < -0.3 is 5.32 Å². The number of rotatable bonds is 8. The number of hydrogen-bond acceptors (Lipinski definition) is 3. The van der Waals surface area contributed by atoms with Crippen LogP contribution in [0.15, 0.2) is 53.4 Å². The first-order valence-corrected chi connectivity index (χ1v) is 10.1. The quantitative estimate of drug-likeness (QED) is 0.788. The van der Waals surface area contributed by atoms with Crippen LogP contribution in [0.3, 0.4) is 0 Å². The van der Waals surface area contributed by atoms with Gasteiger partial charge in [-0.05, 0) is 48.5 Å². The second-order valence-electron chi connectivity index (χ2n) is 5.94. The van der Waals surface area contributed by atoms with Crippen molar-refractivity contribution in [3.63, 3.8) is 0 Å². The smallest absolute Gasteiger partial charge is 0.251 e. The minimum atomic E-state index is -1.03. The highest BCUT2D eigenvalue weighted by atomic mass is 32.2. The Bertz CT molecular complexity index is 707. The predicted molar refractivity (Wildman–Crippen MR) is 103 cm³/mol. The zero-order chi connectivity index (χ0) is 18.2. The first-order chi connectivity index (χ1) is 12.0. The Labute approximate surface area is 152 Å². The van der Waals surface area contributed by atoms with Crippen LogP contribution in [-0.4, -0.2) is 34.4 Å². The van der Waals surface area contributed by atoms with Crippen LogP contribution >= 0.6 is 0 Å². The van der Waals surface area contributed by atoms with Crippen LogP contribution in [0, 0.1) is 0 Å². The highest BCUT2D eigenvalue weighted by Crippen LogP contribution is 2.10. The molecule has 1 amide bonds. The van der Waals surface area contributed by atoms with Gasteiger partial charge in [-0.1, -0.05) is 38.1 Å². The van der Waals surface area contributed by atoms with Crippen LogP contribution in [0.2, 0.25) is 0 Å². The molecule has 0 saturated carbocycles. The number of carbonyl (C=O) groups is 1. The molecular weight excluding hydrogens is 332 g/mol. The van der Waals surface area contributed by atoms with Crippen molar-refractivity contribution in [2.24, 2.45) is 0 Å². The van der Waals surface area contributed by atoms with E-state index >= 15 is 0 Å². The van der Waals surface area contributed by atoms with Crippen molar-refractivity contribution < 1.29 is 9.00 Å². The van der Waals surface area contributed by atoms with Crippen LogP contribution in [0.4, 0.5) is 0 Å². The average molecular weight is 359 g/mol. The highest BCUT2D eigenvalue weighted by Gasteiger charge is 2.07. The molecule has 1 atom stereocenters. The van der Waals surface area contributed by atoms with E-state index in [0.29, 0.717) is 12.1 Å². The normalized spacial score (nSPS) is 12.2. The van der Waals surface area contributed by atoms with Crippen LogP contribution in [0.25, 0.3) is 0 Å². The summed E-state index contributed by atoms with van der Waals surface area (Å²) in [6.07, 6.45) is 1.62. The summed E-state index contributed by atoms with van der Waals surface area (Å²) in [5.74, 6) is -0.124. The standard InChI is InChI=1S/C20H26N2O2S/c1-4-22(5-2)15-17-8-6-16(7-9-17)14-21-20(23)18-10-12-19(13-11-18)25(3)24/h6-13H,4-5,14-15H2,1-3H3,(H,21,23). The van der Waals surface area contributed by atoms with Gasteiger partial charge >= 0.3 is 0 Å². The minimum absolute atomic E-state index is 0.124. The van der Waals surface area contributed by atoms with Crippen molar-refractivity contribution >= 4 is 16.7 Å². The fourth-order valence-electron chi connectivity index (χ4n) is 2.55. The van der Waals surface area contributed by atoms with E-state index < -0.39 is 10.8 Å².